The molecule has 0 aliphatic rings. The first-order chi connectivity index (χ1) is 19.3. The number of rotatable bonds is 18. The molecule has 11 N–H and O–H groups in total. The summed E-state index contributed by atoms with van der Waals surface area (Å²) in [6.07, 6.45) is -0.526. The Morgan fingerprint density at radius 3 is 2.02 bits per heavy atom. The van der Waals surface area contributed by atoms with Crippen LogP contribution in [-0.4, -0.2) is 112 Å². The van der Waals surface area contributed by atoms with Crippen molar-refractivity contribution in [3.05, 3.63) is 0 Å². The lowest BCUT2D eigenvalue weighted by Gasteiger charge is -2.30. The van der Waals surface area contributed by atoms with Gasteiger partial charge in [-0.1, -0.05) is 0 Å². The van der Waals surface area contributed by atoms with Gasteiger partial charge in [0.05, 0.1) is 13.0 Å². The number of nitrogens with one attached hydrogen (secondary N) is 4. The smallest absolute Gasteiger partial charge is 0.305 e. The van der Waals surface area contributed by atoms with Crippen LogP contribution in [0.3, 0.4) is 0 Å². The number of hydrogen-bond acceptors (Lipinski definition) is 10. The summed E-state index contributed by atoms with van der Waals surface area (Å²) in [4.78, 5) is 90.8. The van der Waals surface area contributed by atoms with Crippen LogP contribution in [0.25, 0.3) is 0 Å². The van der Waals surface area contributed by atoms with E-state index in [1.807, 2.05) is 0 Å². The fourth-order valence-electron chi connectivity index (χ4n) is 3.58. The SMILES string of the molecule is CC(=O)N[C@@H](CS)C(=O)N(C)[C@H](CCCN=C(N)N)C(=O)NCC(=O)N[C@@H](CC(=O)O)C(=O)NC(C(N)=O)C(C)(C)S. The highest BCUT2D eigenvalue weighted by Crippen LogP contribution is 2.17. The van der Waals surface area contributed by atoms with Crippen molar-refractivity contribution in [1.29, 1.82) is 0 Å². The van der Waals surface area contributed by atoms with E-state index in [1.165, 1.54) is 27.8 Å². The Labute approximate surface area is 254 Å². The van der Waals surface area contributed by atoms with Crippen molar-refractivity contribution >= 4 is 72.6 Å². The third-order valence-electron chi connectivity index (χ3n) is 5.64. The molecule has 0 aliphatic carbocycles. The Hall–Kier alpha value is -3.74. The van der Waals surface area contributed by atoms with Crippen LogP contribution < -0.4 is 38.5 Å². The highest BCUT2D eigenvalue weighted by Gasteiger charge is 2.35. The summed E-state index contributed by atoms with van der Waals surface area (Å²) in [5.74, 6) is -6.41. The molecule has 0 bridgehead atoms. The fraction of sp³-hybridized carbons (Fsp3) is 0.652. The van der Waals surface area contributed by atoms with Gasteiger partial charge in [0.2, 0.25) is 35.4 Å². The van der Waals surface area contributed by atoms with Gasteiger partial charge in [0, 0.05) is 31.0 Å². The van der Waals surface area contributed by atoms with Crippen LogP contribution in [0.1, 0.15) is 40.0 Å². The summed E-state index contributed by atoms with van der Waals surface area (Å²) in [7, 11) is 1.33. The molecule has 0 aromatic carbocycles. The molecular weight excluding hydrogens is 594 g/mol. The second-order valence-corrected chi connectivity index (χ2v) is 11.3. The molecule has 0 heterocycles. The molecule has 6 amide bonds. The summed E-state index contributed by atoms with van der Waals surface area (Å²) in [6, 6.07) is -5.10. The number of aliphatic imine (C=N–C) groups is 1. The van der Waals surface area contributed by atoms with E-state index in [0.29, 0.717) is 0 Å². The van der Waals surface area contributed by atoms with E-state index in [2.05, 4.69) is 51.5 Å². The average Bonchev–Trinajstić information content (AvgIpc) is 2.86. The first kappa shape index (κ1) is 38.3. The summed E-state index contributed by atoms with van der Waals surface area (Å²) >= 11 is 8.29. The van der Waals surface area contributed by atoms with E-state index >= 15 is 0 Å². The quantitative estimate of drug-likeness (QED) is 0.0302. The minimum absolute atomic E-state index is 0.0540. The van der Waals surface area contributed by atoms with Gasteiger partial charge in [-0.25, -0.2) is 0 Å². The Kier molecular flexibility index (Phi) is 16.3. The zero-order valence-electron chi connectivity index (χ0n) is 23.9. The molecule has 0 aromatic rings. The predicted octanol–water partition coefficient (Wildman–Crippen LogP) is -3.94. The van der Waals surface area contributed by atoms with Gasteiger partial charge in [0.15, 0.2) is 5.96 Å². The summed E-state index contributed by atoms with van der Waals surface area (Å²) in [5, 5.41) is 18.5. The molecule has 19 heteroatoms. The number of hydrogen-bond donors (Lipinski definition) is 10. The normalized spacial score (nSPS) is 13.8. The lowest BCUT2D eigenvalue weighted by Crippen LogP contribution is -2.59. The summed E-state index contributed by atoms with van der Waals surface area (Å²) < 4.78 is -1.11. The number of carbonyl (C=O) groups is 7. The predicted molar refractivity (Wildman–Crippen MR) is 159 cm³/mol. The van der Waals surface area contributed by atoms with Gasteiger partial charge >= 0.3 is 5.97 Å². The zero-order chi connectivity index (χ0) is 32.8. The number of carboxylic acid groups (broad SMARTS) is 1. The third-order valence-corrected chi connectivity index (χ3v) is 6.26. The van der Waals surface area contributed by atoms with Crippen molar-refractivity contribution in [2.75, 3.05) is 25.9 Å². The van der Waals surface area contributed by atoms with Crippen molar-refractivity contribution in [3.8, 4) is 0 Å². The number of likely N-dealkylation sites (N-methyl/N-ethyl adjacent to an activating group) is 1. The van der Waals surface area contributed by atoms with Crippen LogP contribution in [-0.2, 0) is 33.6 Å². The van der Waals surface area contributed by atoms with E-state index in [9.17, 15) is 38.7 Å². The van der Waals surface area contributed by atoms with Crippen LogP contribution in [0.5, 0.6) is 0 Å². The number of guanidine groups is 1. The van der Waals surface area contributed by atoms with Crippen molar-refractivity contribution in [2.45, 2.75) is 68.9 Å². The molecule has 0 aromatic heterocycles. The van der Waals surface area contributed by atoms with E-state index in [4.69, 9.17) is 17.2 Å². The second-order valence-electron chi connectivity index (χ2n) is 9.78. The fourth-order valence-corrected chi connectivity index (χ4v) is 4.02. The largest absolute Gasteiger partial charge is 0.481 e. The molecule has 42 heavy (non-hydrogen) atoms. The van der Waals surface area contributed by atoms with Gasteiger partial charge in [-0.3, -0.25) is 38.6 Å². The van der Waals surface area contributed by atoms with Crippen molar-refractivity contribution < 1.29 is 38.7 Å². The number of carboxylic acids is 1. The molecule has 4 atom stereocenters. The molecule has 17 nitrogen and oxygen atoms in total. The average molecular weight is 636 g/mol. The Balaban J connectivity index is 5.66. The first-order valence-corrected chi connectivity index (χ1v) is 13.7. The van der Waals surface area contributed by atoms with Crippen molar-refractivity contribution in [2.24, 2.45) is 22.2 Å². The monoisotopic (exact) mass is 635 g/mol. The van der Waals surface area contributed by atoms with Gasteiger partial charge in [0.25, 0.3) is 0 Å². The Bertz CT molecular complexity index is 1050. The maximum absolute atomic E-state index is 13.1. The van der Waals surface area contributed by atoms with Crippen LogP contribution in [0, 0.1) is 0 Å². The van der Waals surface area contributed by atoms with Crippen LogP contribution in [0.4, 0.5) is 0 Å². The maximum atomic E-state index is 13.1. The molecule has 0 saturated carbocycles. The van der Waals surface area contributed by atoms with E-state index in [1.54, 1.807) is 0 Å². The van der Waals surface area contributed by atoms with Crippen LogP contribution >= 0.6 is 25.3 Å². The molecule has 0 fully saturated rings. The van der Waals surface area contributed by atoms with E-state index in [0.717, 1.165) is 4.90 Å². The highest BCUT2D eigenvalue weighted by atomic mass is 32.1. The number of amides is 6. The van der Waals surface area contributed by atoms with Gasteiger partial charge in [-0.05, 0) is 26.7 Å². The summed E-state index contributed by atoms with van der Waals surface area (Å²) in [5.41, 5.74) is 15.9. The number of nitrogens with zero attached hydrogens (tertiary/aromatic N) is 2. The van der Waals surface area contributed by atoms with Crippen molar-refractivity contribution in [3.63, 3.8) is 0 Å². The number of thiol groups is 2. The Morgan fingerprint density at radius 2 is 1.57 bits per heavy atom. The van der Waals surface area contributed by atoms with Crippen molar-refractivity contribution in [1.82, 2.24) is 26.2 Å². The van der Waals surface area contributed by atoms with Gasteiger partial charge < -0.3 is 48.5 Å². The molecule has 0 aliphatic heterocycles. The highest BCUT2D eigenvalue weighted by molar-refractivity contribution is 7.81. The van der Waals surface area contributed by atoms with Crippen LogP contribution in [0.15, 0.2) is 4.99 Å². The number of aliphatic carboxylic acids is 1. The molecule has 238 valence electrons. The minimum atomic E-state index is -1.63. The number of primary amides is 1. The number of nitrogens with two attached hydrogens (primary N) is 3. The first-order valence-electron chi connectivity index (χ1n) is 12.6. The Morgan fingerprint density at radius 1 is 0.976 bits per heavy atom. The van der Waals surface area contributed by atoms with Gasteiger partial charge in [-0.15, -0.1) is 0 Å². The molecule has 0 rings (SSSR count). The third kappa shape index (κ3) is 14.2. The molecular formula is C23H41N9O8S2. The standard InChI is InChI=1S/C23H41N9O8S2/c1-11(33)29-13(10-41)21(40)32(4)14(6-5-7-27-22(25)26)20(39)28-9-15(34)30-12(8-16(35)36)19(38)31-17(18(24)37)23(2,3)42/h12-14,17,41-42H,5-10H2,1-4H3,(H2,24,37)(H,28,39)(H,29,33)(H,30,34)(H,31,38)(H,35,36)(H4,25,26,27)/t12-,13-,14+,17?/m0/s1. The van der Waals surface area contributed by atoms with Crippen LogP contribution in [0.2, 0.25) is 0 Å². The second kappa shape index (κ2) is 17.9. The topological polar surface area (TPSA) is 281 Å². The molecule has 0 saturated heterocycles. The lowest BCUT2D eigenvalue weighted by molar-refractivity contribution is -0.142. The minimum Gasteiger partial charge on any atom is -0.481 e. The lowest BCUT2D eigenvalue weighted by atomic mass is 10.0. The van der Waals surface area contributed by atoms with E-state index in [-0.39, 0.29) is 31.1 Å². The zero-order valence-corrected chi connectivity index (χ0v) is 25.7. The summed E-state index contributed by atoms with van der Waals surface area (Å²) in [6.45, 7) is 3.64. The maximum Gasteiger partial charge on any atom is 0.305 e. The molecule has 1 unspecified atom stereocenters. The molecule has 0 spiro atoms. The van der Waals surface area contributed by atoms with E-state index < -0.39 is 83.3 Å². The number of carbonyl (C=O) groups excluding carboxylic acids is 6. The van der Waals surface area contributed by atoms with Gasteiger partial charge in [0.1, 0.15) is 24.2 Å². The van der Waals surface area contributed by atoms with Gasteiger partial charge in [-0.2, -0.15) is 25.3 Å². The molecule has 0 radical (unpaired) electrons.